The first-order chi connectivity index (χ1) is 10.0. The van der Waals surface area contributed by atoms with Crippen LogP contribution in [0.4, 0.5) is 5.69 Å². The number of aromatic nitrogens is 3. The number of hydrogen-bond acceptors (Lipinski definition) is 4. The largest absolute Gasteiger partial charge is 0.299 e. The Labute approximate surface area is 122 Å². The van der Waals surface area contributed by atoms with Gasteiger partial charge in [0.15, 0.2) is 0 Å². The summed E-state index contributed by atoms with van der Waals surface area (Å²) >= 11 is 0. The Morgan fingerprint density at radius 1 is 1.19 bits per heavy atom. The highest BCUT2D eigenvalue weighted by Gasteiger charge is 2.37. The maximum absolute atomic E-state index is 12.3. The zero-order valence-electron chi connectivity index (χ0n) is 12.3. The van der Waals surface area contributed by atoms with Crippen molar-refractivity contribution in [1.82, 2.24) is 14.8 Å². The Morgan fingerprint density at radius 3 is 2.67 bits per heavy atom. The van der Waals surface area contributed by atoms with Crippen LogP contribution in [0.2, 0.25) is 0 Å². The monoisotopic (exact) mass is 284 g/mol. The molecule has 2 aromatic rings. The van der Waals surface area contributed by atoms with Gasteiger partial charge in [0.05, 0.1) is 17.8 Å². The summed E-state index contributed by atoms with van der Waals surface area (Å²) < 4.78 is 1.72. The number of benzene rings is 1. The molecule has 0 saturated heterocycles. The van der Waals surface area contributed by atoms with E-state index in [1.165, 1.54) is 11.2 Å². The number of Topliss-reactive ketones (excluding diaryl/α,β-unsaturated/α-hetero) is 1. The molecule has 1 amide bonds. The molecule has 6 heteroatoms. The average molecular weight is 284 g/mol. The standard InChI is InChI=1S/C15H16N4O2/c1-4-19-12(16-8-17-19)7-18-13-10(3)9(2)5-6-11(13)14(20)15(18)21/h5-6,8H,4,7H2,1-3H3. The van der Waals surface area contributed by atoms with Crippen molar-refractivity contribution in [2.75, 3.05) is 4.90 Å². The van der Waals surface area contributed by atoms with E-state index in [2.05, 4.69) is 10.1 Å². The summed E-state index contributed by atoms with van der Waals surface area (Å²) in [5.74, 6) is -0.271. The maximum atomic E-state index is 12.3. The molecule has 0 radical (unpaired) electrons. The van der Waals surface area contributed by atoms with Crippen molar-refractivity contribution in [3.05, 3.63) is 41.0 Å². The molecule has 0 atom stereocenters. The number of carbonyl (C=O) groups is 2. The lowest BCUT2D eigenvalue weighted by molar-refractivity contribution is -0.114. The van der Waals surface area contributed by atoms with E-state index in [4.69, 9.17) is 0 Å². The molecule has 1 aromatic carbocycles. The minimum atomic E-state index is -0.496. The molecule has 2 heterocycles. The second-order valence-electron chi connectivity index (χ2n) is 5.12. The number of ketones is 1. The molecule has 21 heavy (non-hydrogen) atoms. The van der Waals surface area contributed by atoms with Crippen molar-refractivity contribution in [1.29, 1.82) is 0 Å². The molecule has 0 fully saturated rings. The molecule has 0 bridgehead atoms. The van der Waals surface area contributed by atoms with Crippen LogP contribution in [-0.2, 0) is 17.9 Å². The first-order valence-electron chi connectivity index (χ1n) is 6.87. The van der Waals surface area contributed by atoms with E-state index in [0.29, 0.717) is 23.6 Å². The summed E-state index contributed by atoms with van der Waals surface area (Å²) in [4.78, 5) is 30.1. The smallest absolute Gasteiger partial charge is 0.297 e. The lowest BCUT2D eigenvalue weighted by Crippen LogP contribution is -2.31. The molecule has 1 aromatic heterocycles. The second-order valence-corrected chi connectivity index (χ2v) is 5.12. The fourth-order valence-corrected chi connectivity index (χ4v) is 2.64. The van der Waals surface area contributed by atoms with Crippen LogP contribution in [0.25, 0.3) is 0 Å². The topological polar surface area (TPSA) is 68.1 Å². The van der Waals surface area contributed by atoms with Crippen molar-refractivity contribution >= 4 is 17.4 Å². The number of amides is 1. The summed E-state index contributed by atoms with van der Waals surface area (Å²) in [7, 11) is 0. The van der Waals surface area contributed by atoms with E-state index in [9.17, 15) is 9.59 Å². The fourth-order valence-electron chi connectivity index (χ4n) is 2.64. The fraction of sp³-hybridized carbons (Fsp3) is 0.333. The van der Waals surface area contributed by atoms with Gasteiger partial charge in [0.25, 0.3) is 11.7 Å². The molecule has 0 aliphatic carbocycles. The van der Waals surface area contributed by atoms with Crippen LogP contribution in [0.1, 0.15) is 34.2 Å². The number of anilines is 1. The van der Waals surface area contributed by atoms with Crippen LogP contribution >= 0.6 is 0 Å². The Bertz CT molecular complexity index is 748. The lowest BCUT2D eigenvalue weighted by atomic mass is 10.0. The molecular weight excluding hydrogens is 268 g/mol. The molecule has 0 unspecified atom stereocenters. The summed E-state index contributed by atoms with van der Waals surface area (Å²) in [6.07, 6.45) is 1.46. The van der Waals surface area contributed by atoms with E-state index in [1.807, 2.05) is 26.8 Å². The maximum Gasteiger partial charge on any atom is 0.299 e. The zero-order valence-corrected chi connectivity index (χ0v) is 12.3. The van der Waals surface area contributed by atoms with Gasteiger partial charge in [0.1, 0.15) is 12.2 Å². The Morgan fingerprint density at radius 2 is 1.95 bits per heavy atom. The predicted molar refractivity (Wildman–Crippen MR) is 77.1 cm³/mol. The summed E-state index contributed by atoms with van der Waals surface area (Å²) in [5.41, 5.74) is 3.19. The van der Waals surface area contributed by atoms with Gasteiger partial charge in [-0.05, 0) is 38.0 Å². The van der Waals surface area contributed by atoms with Crippen molar-refractivity contribution in [3.63, 3.8) is 0 Å². The Hall–Kier alpha value is -2.50. The third-order valence-electron chi connectivity index (χ3n) is 3.95. The van der Waals surface area contributed by atoms with Gasteiger partial charge in [-0.3, -0.25) is 14.5 Å². The molecule has 0 N–H and O–H groups in total. The van der Waals surface area contributed by atoms with E-state index in [-0.39, 0.29) is 6.54 Å². The van der Waals surface area contributed by atoms with Crippen LogP contribution in [0.15, 0.2) is 18.5 Å². The van der Waals surface area contributed by atoms with E-state index < -0.39 is 11.7 Å². The highest BCUT2D eigenvalue weighted by Crippen LogP contribution is 2.34. The van der Waals surface area contributed by atoms with Crippen molar-refractivity contribution in [3.8, 4) is 0 Å². The zero-order chi connectivity index (χ0) is 15.1. The van der Waals surface area contributed by atoms with Crippen LogP contribution in [0, 0.1) is 13.8 Å². The van der Waals surface area contributed by atoms with Crippen molar-refractivity contribution < 1.29 is 9.59 Å². The third kappa shape index (κ3) is 1.94. The molecular formula is C15H16N4O2. The SMILES string of the molecule is CCn1ncnc1CN1C(=O)C(=O)c2ccc(C)c(C)c21. The second kappa shape index (κ2) is 4.80. The first-order valence-corrected chi connectivity index (χ1v) is 6.87. The van der Waals surface area contributed by atoms with Crippen LogP contribution < -0.4 is 4.90 Å². The average Bonchev–Trinajstić information content (AvgIpc) is 3.02. The number of rotatable bonds is 3. The highest BCUT2D eigenvalue weighted by molar-refractivity contribution is 6.52. The molecule has 108 valence electrons. The molecule has 1 aliphatic rings. The Balaban J connectivity index is 2.07. The van der Waals surface area contributed by atoms with Crippen LogP contribution in [-0.4, -0.2) is 26.5 Å². The van der Waals surface area contributed by atoms with Crippen LogP contribution in [0.3, 0.4) is 0 Å². The van der Waals surface area contributed by atoms with Gasteiger partial charge in [-0.1, -0.05) is 6.07 Å². The highest BCUT2D eigenvalue weighted by atomic mass is 16.2. The quantitative estimate of drug-likeness (QED) is 0.804. The number of fused-ring (bicyclic) bond motifs is 1. The van der Waals surface area contributed by atoms with E-state index in [1.54, 1.807) is 10.7 Å². The van der Waals surface area contributed by atoms with E-state index in [0.717, 1.165) is 11.1 Å². The number of hydrogen-bond donors (Lipinski definition) is 0. The van der Waals surface area contributed by atoms with Gasteiger partial charge in [0.2, 0.25) is 0 Å². The van der Waals surface area contributed by atoms with Crippen molar-refractivity contribution in [2.45, 2.75) is 33.9 Å². The van der Waals surface area contributed by atoms with Crippen LogP contribution in [0.5, 0.6) is 0 Å². The minimum absolute atomic E-state index is 0.260. The molecule has 0 spiro atoms. The normalized spacial score (nSPS) is 14.0. The van der Waals surface area contributed by atoms with Gasteiger partial charge in [-0.15, -0.1) is 0 Å². The predicted octanol–water partition coefficient (Wildman–Crippen LogP) is 1.64. The molecule has 6 nitrogen and oxygen atoms in total. The molecule has 1 aliphatic heterocycles. The summed E-state index contributed by atoms with van der Waals surface area (Å²) in [6, 6.07) is 3.60. The number of carbonyl (C=O) groups excluding carboxylic acids is 2. The van der Waals surface area contributed by atoms with E-state index >= 15 is 0 Å². The summed E-state index contributed by atoms with van der Waals surface area (Å²) in [5, 5.41) is 4.10. The van der Waals surface area contributed by atoms with Gasteiger partial charge in [0, 0.05) is 6.54 Å². The summed E-state index contributed by atoms with van der Waals surface area (Å²) in [6.45, 7) is 6.78. The lowest BCUT2D eigenvalue weighted by Gasteiger charge is -2.19. The number of nitrogens with zero attached hydrogens (tertiary/aromatic N) is 4. The van der Waals surface area contributed by atoms with Gasteiger partial charge >= 0.3 is 0 Å². The number of aryl methyl sites for hydroxylation is 2. The van der Waals surface area contributed by atoms with Gasteiger partial charge in [-0.2, -0.15) is 5.10 Å². The van der Waals surface area contributed by atoms with Gasteiger partial charge in [-0.25, -0.2) is 9.67 Å². The Kier molecular flexibility index (Phi) is 3.08. The third-order valence-corrected chi connectivity index (χ3v) is 3.95. The van der Waals surface area contributed by atoms with Gasteiger partial charge < -0.3 is 0 Å². The first kappa shape index (κ1) is 13.5. The minimum Gasteiger partial charge on any atom is -0.297 e. The van der Waals surface area contributed by atoms with Crippen molar-refractivity contribution in [2.24, 2.45) is 0 Å². The molecule has 0 saturated carbocycles. The molecule has 3 rings (SSSR count).